The maximum absolute atomic E-state index is 15.5. The number of nitrogens with zero attached hydrogens (tertiary/aromatic N) is 7. The molecular weight excluding hydrogens is 872 g/mol. The predicted molar refractivity (Wildman–Crippen MR) is 211 cm³/mol. The predicted octanol–water partition coefficient (Wildman–Crippen LogP) is 5.38. The number of nitrogens with one attached hydrogen (secondary N) is 2. The molecule has 62 heavy (non-hydrogen) atoms. The highest BCUT2D eigenvalue weighted by molar-refractivity contribution is 7.92. The van der Waals surface area contributed by atoms with Gasteiger partial charge in [0.2, 0.25) is 15.9 Å². The first-order chi connectivity index (χ1) is 29.3. The van der Waals surface area contributed by atoms with E-state index in [0.717, 1.165) is 23.0 Å². The second-order valence-electron chi connectivity index (χ2n) is 15.3. The van der Waals surface area contributed by atoms with E-state index in [0.29, 0.717) is 16.4 Å². The van der Waals surface area contributed by atoms with Crippen LogP contribution in [-0.4, -0.2) is 75.4 Å². The van der Waals surface area contributed by atoms with Gasteiger partial charge in [-0.15, -0.1) is 0 Å². The number of morpholine rings is 1. The topological polar surface area (TPSA) is 175 Å². The summed E-state index contributed by atoms with van der Waals surface area (Å²) in [6.45, 7) is -0.848. The number of sulfonamides is 1. The molecule has 1 saturated carbocycles. The number of carbonyl (C=O) groups excluding carboxylic acids is 2. The van der Waals surface area contributed by atoms with Gasteiger partial charge in [0, 0.05) is 43.2 Å². The largest absolute Gasteiger partial charge is 0.370 e. The lowest BCUT2D eigenvalue weighted by atomic mass is 10.0. The van der Waals surface area contributed by atoms with E-state index < -0.39 is 87.7 Å². The number of carbonyl (C=O) groups is 2. The fourth-order valence-corrected chi connectivity index (χ4v) is 9.26. The van der Waals surface area contributed by atoms with Gasteiger partial charge in [0.25, 0.3) is 23.8 Å². The first-order valence-corrected chi connectivity index (χ1v) is 21.2. The molecule has 0 bridgehead atoms. The van der Waals surface area contributed by atoms with E-state index in [1.807, 2.05) is 0 Å². The number of aryl methyl sites for hydroxylation is 1. The van der Waals surface area contributed by atoms with Gasteiger partial charge in [-0.1, -0.05) is 11.6 Å². The summed E-state index contributed by atoms with van der Waals surface area (Å²) in [4.78, 5) is 48.2. The Labute approximate surface area is 351 Å². The smallest absolute Gasteiger partial charge is 0.293 e. The lowest BCUT2D eigenvalue weighted by molar-refractivity contribution is -0.125. The first kappa shape index (κ1) is 41.4. The monoisotopic (exact) mass is 903 g/mol. The number of benzene rings is 3. The molecule has 3 aromatic carbocycles. The molecule has 2 aliphatic carbocycles. The zero-order valence-electron chi connectivity index (χ0n) is 32.3. The second-order valence-corrected chi connectivity index (χ2v) is 17.5. The average molecular weight is 904 g/mol. The lowest BCUT2D eigenvalue weighted by Crippen LogP contribution is -2.41. The number of halogens is 7. The third kappa shape index (κ3) is 7.12. The van der Waals surface area contributed by atoms with Gasteiger partial charge < -0.3 is 15.0 Å². The third-order valence-electron chi connectivity index (χ3n) is 11.1. The molecule has 2 amide bonds. The van der Waals surface area contributed by atoms with Crippen LogP contribution in [0.25, 0.3) is 27.5 Å². The van der Waals surface area contributed by atoms with Crippen LogP contribution in [0.15, 0.2) is 53.3 Å². The van der Waals surface area contributed by atoms with Crippen LogP contribution >= 0.6 is 11.6 Å². The molecule has 1 saturated heterocycles. The highest BCUT2D eigenvalue weighted by Crippen LogP contribution is 2.68. The third-order valence-corrected chi connectivity index (χ3v) is 12.0. The first-order valence-electron chi connectivity index (χ1n) is 18.9. The van der Waals surface area contributed by atoms with Crippen molar-refractivity contribution in [3.8, 4) is 5.69 Å². The summed E-state index contributed by atoms with van der Waals surface area (Å²) in [5.74, 6) is -9.60. The molecule has 4 heterocycles. The van der Waals surface area contributed by atoms with Crippen molar-refractivity contribution in [1.82, 2.24) is 34.4 Å². The van der Waals surface area contributed by atoms with Crippen LogP contribution in [0, 0.1) is 17.6 Å². The van der Waals surface area contributed by atoms with Crippen molar-refractivity contribution in [2.75, 3.05) is 35.6 Å². The molecule has 23 heteroatoms. The molecule has 15 nitrogen and oxygen atoms in total. The van der Waals surface area contributed by atoms with Gasteiger partial charge >= 0.3 is 0 Å². The molecule has 3 aromatic heterocycles. The summed E-state index contributed by atoms with van der Waals surface area (Å²) in [5, 5.41) is 10.7. The van der Waals surface area contributed by atoms with E-state index >= 15 is 8.78 Å². The highest BCUT2D eigenvalue weighted by Gasteiger charge is 2.67. The van der Waals surface area contributed by atoms with Crippen LogP contribution in [0.2, 0.25) is 5.02 Å². The van der Waals surface area contributed by atoms with E-state index in [2.05, 4.69) is 20.2 Å². The van der Waals surface area contributed by atoms with Crippen LogP contribution < -0.4 is 20.5 Å². The van der Waals surface area contributed by atoms with Crippen molar-refractivity contribution < 1.29 is 49.1 Å². The van der Waals surface area contributed by atoms with Gasteiger partial charge in [-0.05, 0) is 60.4 Å². The highest BCUT2D eigenvalue weighted by atomic mass is 35.5. The normalized spacial score (nSPS) is 18.7. The SMILES string of the molecule is Cn1nc(NS(C)(=O)=O)c2c(Cl)ccc(-n3c([C@H](Cc4cc(F)cc(F)c4)NC(=O)Cn4nc(C(F)F)c5c4C(F)(F)[C@@H]4C[C@H]54)nc4cc(N5CCOCC5=O)ccc4c3=O)c21. The molecule has 9 rings (SSSR count). The number of alkyl halides is 4. The Kier molecular flexibility index (Phi) is 9.89. The van der Waals surface area contributed by atoms with E-state index in [1.165, 1.54) is 47.0 Å². The Balaban J connectivity index is 1.25. The summed E-state index contributed by atoms with van der Waals surface area (Å²) < 4.78 is 124. The van der Waals surface area contributed by atoms with Crippen LogP contribution in [0.4, 0.5) is 37.8 Å². The van der Waals surface area contributed by atoms with E-state index in [4.69, 9.17) is 21.3 Å². The minimum absolute atomic E-state index is 0.00983. The van der Waals surface area contributed by atoms with E-state index in [-0.39, 0.29) is 87.4 Å². The number of hydrogen-bond donors (Lipinski definition) is 2. The summed E-state index contributed by atoms with van der Waals surface area (Å²) in [6, 6.07) is 8.07. The van der Waals surface area contributed by atoms with Crippen LogP contribution in [0.5, 0.6) is 0 Å². The number of ether oxygens (including phenoxy) is 1. The van der Waals surface area contributed by atoms with Crippen molar-refractivity contribution in [3.63, 3.8) is 0 Å². The number of hydrogen-bond acceptors (Lipinski definition) is 9. The molecule has 3 aliphatic rings. The lowest BCUT2D eigenvalue weighted by Gasteiger charge is -2.27. The van der Waals surface area contributed by atoms with Crippen LogP contribution in [0.1, 0.15) is 53.1 Å². The maximum Gasteiger partial charge on any atom is 0.293 e. The van der Waals surface area contributed by atoms with Crippen LogP contribution in [-0.2, 0) is 50.3 Å². The molecule has 6 aromatic rings. The zero-order chi connectivity index (χ0) is 44.2. The Hall–Kier alpha value is -6.00. The molecular formula is C39H32ClF6N9O6S. The number of anilines is 2. The summed E-state index contributed by atoms with van der Waals surface area (Å²) in [7, 11) is -2.49. The Morgan fingerprint density at radius 1 is 1.06 bits per heavy atom. The van der Waals surface area contributed by atoms with E-state index in [1.54, 1.807) is 0 Å². The molecule has 0 radical (unpaired) electrons. The maximum atomic E-state index is 15.5. The number of rotatable bonds is 11. The van der Waals surface area contributed by atoms with Crippen molar-refractivity contribution in [2.24, 2.45) is 13.0 Å². The molecule has 0 spiro atoms. The van der Waals surface area contributed by atoms with Crippen molar-refractivity contribution in [2.45, 2.75) is 43.7 Å². The van der Waals surface area contributed by atoms with Crippen molar-refractivity contribution in [1.29, 1.82) is 0 Å². The summed E-state index contributed by atoms with van der Waals surface area (Å²) in [6.07, 6.45) is -2.85. The Morgan fingerprint density at radius 3 is 2.50 bits per heavy atom. The van der Waals surface area contributed by atoms with Crippen molar-refractivity contribution >= 4 is 66.7 Å². The standard InChI is InChI=1S/C39H32ClF6N9O6S/c1-52-33-27(6-5-24(40)31(33)36(50-52)51-62(2,59)60)55-37(48-25-13-20(3-4-21(25)38(55)58)53-7-8-61-16-29(53)57)26(11-17-9-18(41)12-19(42)10-17)47-28(56)15-54-34-30(32(49-54)35(43)44)22-14-23(22)39(34,45)46/h3-6,9-10,12-13,22-23,26,35H,7-8,11,14-16H2,1-2H3,(H,47,56)(H,50,51)/t22-,23+,26-/m0/s1. The minimum atomic E-state index is -3.93. The Morgan fingerprint density at radius 2 is 1.81 bits per heavy atom. The Bertz CT molecular complexity index is 3050. The van der Waals surface area contributed by atoms with Gasteiger partial charge in [0.05, 0.1) is 51.4 Å². The zero-order valence-corrected chi connectivity index (χ0v) is 33.9. The fraction of sp³-hybridized carbons (Fsp3) is 0.333. The van der Waals surface area contributed by atoms with Gasteiger partial charge in [-0.25, -0.2) is 31.0 Å². The van der Waals surface area contributed by atoms with Gasteiger partial charge in [-0.3, -0.25) is 33.0 Å². The summed E-state index contributed by atoms with van der Waals surface area (Å²) >= 11 is 6.61. The molecule has 2 fully saturated rings. The molecule has 0 unspecified atom stereocenters. The van der Waals surface area contributed by atoms with Gasteiger partial charge in [0.15, 0.2) is 5.82 Å². The van der Waals surface area contributed by atoms with Gasteiger partial charge in [0.1, 0.15) is 42.0 Å². The minimum Gasteiger partial charge on any atom is -0.370 e. The quantitative estimate of drug-likeness (QED) is 0.162. The molecule has 3 atom stereocenters. The summed E-state index contributed by atoms with van der Waals surface area (Å²) in [5.41, 5.74) is -2.45. The van der Waals surface area contributed by atoms with E-state index in [9.17, 15) is 40.4 Å². The van der Waals surface area contributed by atoms with Crippen molar-refractivity contribution in [3.05, 3.63) is 104 Å². The fourth-order valence-electron chi connectivity index (χ4n) is 8.53. The van der Waals surface area contributed by atoms with Gasteiger partial charge in [-0.2, -0.15) is 19.0 Å². The number of fused-ring (bicyclic) bond motifs is 5. The number of amides is 2. The molecule has 1 aliphatic heterocycles. The van der Waals surface area contributed by atoms with Crippen LogP contribution in [0.3, 0.4) is 0 Å². The second kappa shape index (κ2) is 14.8. The molecule has 2 N–H and O–H groups in total. The average Bonchev–Trinajstić information content (AvgIpc) is 3.73. The molecule has 324 valence electrons. The number of aromatic nitrogens is 6.